The fourth-order valence-corrected chi connectivity index (χ4v) is 5.53. The molecule has 47 heavy (non-hydrogen) atoms. The molecule has 242 valence electrons. The number of fused-ring (bicyclic) bond motifs is 1. The molecule has 0 radical (unpaired) electrons. The number of nitro benzene ring substituents is 1. The molecule has 0 N–H and O–H groups in total. The SMILES string of the molecule is CCOc1cc(C=Nn2c(-c3cc(C(C)C)c(OCC)cc3C)nc3ccccc3c2=O)c(Br)cc1OCc1ccc([N+](=O)[O-])cc1. The van der Waals surface area contributed by atoms with Gasteiger partial charge >= 0.3 is 0 Å². The number of nitrogens with zero attached hydrogens (tertiary/aromatic N) is 4. The summed E-state index contributed by atoms with van der Waals surface area (Å²) in [6.07, 6.45) is 1.58. The Balaban J connectivity index is 1.56. The molecular formula is C36H35BrN4O6. The molecule has 5 aromatic rings. The summed E-state index contributed by atoms with van der Waals surface area (Å²) in [5, 5.41) is 16.1. The van der Waals surface area contributed by atoms with Gasteiger partial charge in [0, 0.05) is 27.7 Å². The standard InChI is InChI=1S/C36H35BrN4O6/c1-6-45-32-16-23(5)29(18-28(32)22(3)4)35-39-31-11-9-8-10-27(31)36(42)40(35)38-20-25-17-33(46-7-2)34(19-30(25)37)47-21-24-12-14-26(15-13-24)41(43)44/h8-20,22H,6-7,21H2,1-5H3. The largest absolute Gasteiger partial charge is 0.494 e. The second-order valence-electron chi connectivity index (χ2n) is 11.1. The van der Waals surface area contributed by atoms with E-state index >= 15 is 0 Å². The third-order valence-electron chi connectivity index (χ3n) is 7.49. The smallest absolute Gasteiger partial charge is 0.282 e. The zero-order chi connectivity index (χ0) is 33.7. The molecule has 0 unspecified atom stereocenters. The normalized spacial score (nSPS) is 11.4. The zero-order valence-electron chi connectivity index (χ0n) is 26.8. The van der Waals surface area contributed by atoms with Gasteiger partial charge in [0.15, 0.2) is 17.3 Å². The van der Waals surface area contributed by atoms with Gasteiger partial charge < -0.3 is 14.2 Å². The van der Waals surface area contributed by atoms with Crippen molar-refractivity contribution in [3.63, 3.8) is 0 Å². The van der Waals surface area contributed by atoms with Crippen LogP contribution in [-0.2, 0) is 6.61 Å². The summed E-state index contributed by atoms with van der Waals surface area (Å²) < 4.78 is 19.9. The minimum Gasteiger partial charge on any atom is -0.494 e. The monoisotopic (exact) mass is 698 g/mol. The Morgan fingerprint density at radius 1 is 0.957 bits per heavy atom. The number of nitro groups is 1. The molecule has 1 heterocycles. The Hall–Kier alpha value is -5.03. The number of hydrogen-bond donors (Lipinski definition) is 0. The van der Waals surface area contributed by atoms with E-state index in [2.05, 4.69) is 34.9 Å². The molecule has 1 aromatic heterocycles. The van der Waals surface area contributed by atoms with E-state index in [4.69, 9.17) is 19.2 Å². The van der Waals surface area contributed by atoms with Crippen LogP contribution in [0, 0.1) is 17.0 Å². The summed E-state index contributed by atoms with van der Waals surface area (Å²) in [6.45, 7) is 11.1. The van der Waals surface area contributed by atoms with Gasteiger partial charge in [0.05, 0.1) is 35.3 Å². The average Bonchev–Trinajstić information content (AvgIpc) is 3.05. The highest BCUT2D eigenvalue weighted by Gasteiger charge is 2.19. The number of benzene rings is 4. The van der Waals surface area contributed by atoms with Crippen molar-refractivity contribution in [1.82, 2.24) is 9.66 Å². The van der Waals surface area contributed by atoms with Crippen molar-refractivity contribution < 1.29 is 19.1 Å². The van der Waals surface area contributed by atoms with Crippen LogP contribution in [0.5, 0.6) is 17.2 Å². The number of hydrogen-bond acceptors (Lipinski definition) is 8. The number of para-hydroxylation sites is 1. The van der Waals surface area contributed by atoms with Crippen LogP contribution in [0.1, 0.15) is 55.9 Å². The van der Waals surface area contributed by atoms with E-state index in [1.165, 1.54) is 16.8 Å². The molecule has 0 aliphatic heterocycles. The van der Waals surface area contributed by atoms with Crippen LogP contribution in [0.4, 0.5) is 5.69 Å². The fraction of sp³-hybridized carbons (Fsp3) is 0.250. The zero-order valence-corrected chi connectivity index (χ0v) is 28.4. The van der Waals surface area contributed by atoms with Gasteiger partial charge in [-0.3, -0.25) is 14.9 Å². The first-order valence-electron chi connectivity index (χ1n) is 15.3. The number of aryl methyl sites for hydroxylation is 1. The third kappa shape index (κ3) is 7.36. The molecule has 4 aromatic carbocycles. The molecule has 0 bridgehead atoms. The molecule has 0 aliphatic rings. The van der Waals surface area contributed by atoms with Gasteiger partial charge in [-0.05, 0) is 108 Å². The van der Waals surface area contributed by atoms with Crippen molar-refractivity contribution in [3.8, 4) is 28.6 Å². The molecule has 0 saturated heterocycles. The summed E-state index contributed by atoms with van der Waals surface area (Å²) in [5.74, 6) is 2.36. The highest BCUT2D eigenvalue weighted by Crippen LogP contribution is 2.36. The second kappa shape index (κ2) is 14.6. The maximum absolute atomic E-state index is 13.9. The highest BCUT2D eigenvalue weighted by atomic mass is 79.9. The van der Waals surface area contributed by atoms with E-state index < -0.39 is 4.92 Å². The summed E-state index contributed by atoms with van der Waals surface area (Å²) in [6, 6.07) is 21.0. The van der Waals surface area contributed by atoms with Crippen LogP contribution in [0.2, 0.25) is 0 Å². The van der Waals surface area contributed by atoms with Crippen LogP contribution in [0.15, 0.2) is 87.2 Å². The molecule has 11 heteroatoms. The topological polar surface area (TPSA) is 118 Å². The van der Waals surface area contributed by atoms with E-state index in [0.717, 1.165) is 28.0 Å². The molecule has 0 fully saturated rings. The Labute approximate surface area is 280 Å². The number of non-ortho nitro benzene ring substituents is 1. The first kappa shape index (κ1) is 33.3. The molecule has 0 amide bonds. The Kier molecular flexibility index (Phi) is 10.4. The lowest BCUT2D eigenvalue weighted by atomic mass is 9.96. The van der Waals surface area contributed by atoms with E-state index in [0.29, 0.717) is 51.5 Å². The first-order chi connectivity index (χ1) is 22.6. The van der Waals surface area contributed by atoms with Crippen LogP contribution >= 0.6 is 15.9 Å². The van der Waals surface area contributed by atoms with E-state index in [9.17, 15) is 14.9 Å². The lowest BCUT2D eigenvalue weighted by Gasteiger charge is -2.18. The summed E-state index contributed by atoms with van der Waals surface area (Å²) >= 11 is 3.62. The highest BCUT2D eigenvalue weighted by molar-refractivity contribution is 9.10. The number of halogens is 1. The Morgan fingerprint density at radius 2 is 1.64 bits per heavy atom. The van der Waals surface area contributed by atoms with Crippen LogP contribution in [0.25, 0.3) is 22.3 Å². The van der Waals surface area contributed by atoms with Gasteiger partial charge in [0.25, 0.3) is 11.2 Å². The van der Waals surface area contributed by atoms with E-state index in [1.54, 1.807) is 42.6 Å². The van der Waals surface area contributed by atoms with Gasteiger partial charge in [0.2, 0.25) is 0 Å². The van der Waals surface area contributed by atoms with Crippen LogP contribution < -0.4 is 19.8 Å². The minimum absolute atomic E-state index is 0.0112. The summed E-state index contributed by atoms with van der Waals surface area (Å²) in [5.41, 5.74) is 4.39. The lowest BCUT2D eigenvalue weighted by molar-refractivity contribution is -0.384. The molecule has 0 spiro atoms. The van der Waals surface area contributed by atoms with Crippen molar-refractivity contribution >= 4 is 38.7 Å². The van der Waals surface area contributed by atoms with Crippen LogP contribution in [-0.4, -0.2) is 34.0 Å². The van der Waals surface area contributed by atoms with E-state index in [1.807, 2.05) is 45.0 Å². The Morgan fingerprint density at radius 3 is 2.32 bits per heavy atom. The molecule has 0 atom stereocenters. The summed E-state index contributed by atoms with van der Waals surface area (Å²) in [4.78, 5) is 29.4. The second-order valence-corrected chi connectivity index (χ2v) is 11.9. The minimum atomic E-state index is -0.442. The predicted octanol–water partition coefficient (Wildman–Crippen LogP) is 8.42. The third-order valence-corrected chi connectivity index (χ3v) is 8.18. The molecular weight excluding hydrogens is 664 g/mol. The van der Waals surface area contributed by atoms with Crippen molar-refractivity contribution in [3.05, 3.63) is 120 Å². The maximum atomic E-state index is 13.9. The number of ether oxygens (including phenoxy) is 3. The lowest BCUT2D eigenvalue weighted by Crippen LogP contribution is -2.21. The van der Waals surface area contributed by atoms with Gasteiger partial charge in [0.1, 0.15) is 12.4 Å². The number of aromatic nitrogens is 2. The van der Waals surface area contributed by atoms with Gasteiger partial charge in [-0.15, -0.1) is 0 Å². The first-order valence-corrected chi connectivity index (χ1v) is 16.1. The molecule has 0 aliphatic carbocycles. The number of rotatable bonds is 12. The summed E-state index contributed by atoms with van der Waals surface area (Å²) in [7, 11) is 0. The maximum Gasteiger partial charge on any atom is 0.282 e. The Bertz CT molecular complexity index is 2020. The van der Waals surface area contributed by atoms with Gasteiger partial charge in [-0.25, -0.2) is 4.98 Å². The van der Waals surface area contributed by atoms with Gasteiger partial charge in [-0.1, -0.05) is 26.0 Å². The molecule has 5 rings (SSSR count). The van der Waals surface area contributed by atoms with Gasteiger partial charge in [-0.2, -0.15) is 9.78 Å². The van der Waals surface area contributed by atoms with E-state index in [-0.39, 0.29) is 23.8 Å². The quantitative estimate of drug-likeness (QED) is 0.0729. The predicted molar refractivity (Wildman–Crippen MR) is 187 cm³/mol. The fourth-order valence-electron chi connectivity index (χ4n) is 5.10. The van der Waals surface area contributed by atoms with Crippen molar-refractivity contribution in [2.24, 2.45) is 5.10 Å². The van der Waals surface area contributed by atoms with Crippen molar-refractivity contribution in [2.45, 2.75) is 47.1 Å². The average molecular weight is 700 g/mol. The van der Waals surface area contributed by atoms with Crippen molar-refractivity contribution in [2.75, 3.05) is 13.2 Å². The molecule has 10 nitrogen and oxygen atoms in total. The van der Waals surface area contributed by atoms with Crippen molar-refractivity contribution in [1.29, 1.82) is 0 Å². The molecule has 0 saturated carbocycles. The van der Waals surface area contributed by atoms with Crippen LogP contribution in [0.3, 0.4) is 0 Å².